The maximum absolute atomic E-state index is 5.93. The van der Waals surface area contributed by atoms with Crippen molar-refractivity contribution >= 4 is 16.7 Å². The molecular weight excluding hydrogens is 258 g/mol. The van der Waals surface area contributed by atoms with Crippen molar-refractivity contribution in [2.75, 3.05) is 5.73 Å². The van der Waals surface area contributed by atoms with Crippen molar-refractivity contribution in [1.82, 2.24) is 9.55 Å². The maximum Gasteiger partial charge on any atom is 0.112 e. The Hall–Kier alpha value is -1.51. The number of hydrogen-bond donors (Lipinski definition) is 1. The van der Waals surface area contributed by atoms with Crippen LogP contribution >= 0.6 is 0 Å². The molecule has 1 aromatic heterocycles. The Labute approximate surface area is 126 Å². The van der Waals surface area contributed by atoms with Gasteiger partial charge in [0.1, 0.15) is 5.82 Å². The minimum Gasteiger partial charge on any atom is -0.399 e. The second kappa shape index (κ2) is 4.75. The van der Waals surface area contributed by atoms with Crippen LogP contribution in [-0.4, -0.2) is 9.55 Å². The van der Waals surface area contributed by atoms with E-state index >= 15 is 0 Å². The lowest BCUT2D eigenvalue weighted by molar-refractivity contribution is 0.346. The molecule has 2 aromatic rings. The molecule has 2 aliphatic rings. The van der Waals surface area contributed by atoms with Gasteiger partial charge in [0.05, 0.1) is 11.0 Å². The van der Waals surface area contributed by atoms with Gasteiger partial charge in [-0.25, -0.2) is 4.98 Å². The third-order valence-corrected chi connectivity index (χ3v) is 5.17. The van der Waals surface area contributed by atoms with Gasteiger partial charge in [0.2, 0.25) is 0 Å². The van der Waals surface area contributed by atoms with Gasteiger partial charge in [0, 0.05) is 18.2 Å². The zero-order valence-corrected chi connectivity index (χ0v) is 13.0. The average molecular weight is 283 g/mol. The van der Waals surface area contributed by atoms with Gasteiger partial charge in [0.15, 0.2) is 0 Å². The van der Waals surface area contributed by atoms with Crippen molar-refractivity contribution in [2.24, 2.45) is 17.8 Å². The first-order chi connectivity index (χ1) is 10.1. The zero-order chi connectivity index (χ0) is 14.6. The van der Waals surface area contributed by atoms with Crippen LogP contribution in [0.3, 0.4) is 0 Å². The maximum atomic E-state index is 5.93. The van der Waals surface area contributed by atoms with E-state index in [-0.39, 0.29) is 0 Å². The molecule has 1 heterocycles. The molecular formula is C18H25N3. The first kappa shape index (κ1) is 13.2. The summed E-state index contributed by atoms with van der Waals surface area (Å²) in [7, 11) is 0. The van der Waals surface area contributed by atoms with Gasteiger partial charge < -0.3 is 10.3 Å². The van der Waals surface area contributed by atoms with Crippen LogP contribution < -0.4 is 5.73 Å². The van der Waals surface area contributed by atoms with Crippen LogP contribution in [0.1, 0.15) is 51.3 Å². The van der Waals surface area contributed by atoms with Gasteiger partial charge in [-0.2, -0.15) is 0 Å². The minimum atomic E-state index is 0.456. The Kier molecular flexibility index (Phi) is 2.98. The molecule has 0 saturated heterocycles. The fourth-order valence-electron chi connectivity index (χ4n) is 3.74. The van der Waals surface area contributed by atoms with Crippen molar-refractivity contribution in [2.45, 2.75) is 52.0 Å². The van der Waals surface area contributed by atoms with Crippen LogP contribution in [-0.2, 0) is 6.54 Å². The number of anilines is 1. The first-order valence-corrected chi connectivity index (χ1v) is 8.39. The smallest absolute Gasteiger partial charge is 0.112 e. The molecule has 0 unspecified atom stereocenters. The van der Waals surface area contributed by atoms with E-state index in [0.29, 0.717) is 5.92 Å². The van der Waals surface area contributed by atoms with Crippen LogP contribution in [0, 0.1) is 17.8 Å². The molecule has 0 atom stereocenters. The first-order valence-electron chi connectivity index (χ1n) is 8.39. The number of rotatable bonds is 5. The van der Waals surface area contributed by atoms with E-state index in [1.165, 1.54) is 37.0 Å². The highest BCUT2D eigenvalue weighted by atomic mass is 15.1. The molecule has 2 saturated carbocycles. The highest BCUT2D eigenvalue weighted by Crippen LogP contribution is 2.50. The largest absolute Gasteiger partial charge is 0.399 e. The molecule has 0 amide bonds. The molecule has 4 rings (SSSR count). The molecule has 1 aromatic carbocycles. The predicted molar refractivity (Wildman–Crippen MR) is 87.2 cm³/mol. The summed E-state index contributed by atoms with van der Waals surface area (Å²) in [6, 6.07) is 6.18. The summed E-state index contributed by atoms with van der Waals surface area (Å²) in [6.45, 7) is 5.64. The van der Waals surface area contributed by atoms with E-state index in [2.05, 4.69) is 24.5 Å². The van der Waals surface area contributed by atoms with E-state index in [4.69, 9.17) is 10.7 Å². The molecule has 0 aliphatic heterocycles. The molecule has 2 fully saturated rings. The van der Waals surface area contributed by atoms with Crippen LogP contribution in [0.25, 0.3) is 11.0 Å². The van der Waals surface area contributed by atoms with E-state index in [0.717, 1.165) is 35.5 Å². The lowest BCUT2D eigenvalue weighted by atomic mass is 9.97. The summed E-state index contributed by atoms with van der Waals surface area (Å²) in [5, 5.41) is 0. The third kappa shape index (κ3) is 2.43. The van der Waals surface area contributed by atoms with Gasteiger partial charge >= 0.3 is 0 Å². The van der Waals surface area contributed by atoms with Crippen molar-refractivity contribution < 1.29 is 0 Å². The molecule has 2 aliphatic carbocycles. The molecule has 21 heavy (non-hydrogen) atoms. The summed E-state index contributed by atoms with van der Waals surface area (Å²) >= 11 is 0. The summed E-state index contributed by atoms with van der Waals surface area (Å²) in [6.07, 6.45) is 5.77. The Morgan fingerprint density at radius 3 is 2.43 bits per heavy atom. The van der Waals surface area contributed by atoms with Gasteiger partial charge in [0.25, 0.3) is 0 Å². The van der Waals surface area contributed by atoms with Gasteiger partial charge in [-0.15, -0.1) is 0 Å². The van der Waals surface area contributed by atoms with E-state index in [1.54, 1.807) is 0 Å². The Balaban J connectivity index is 1.75. The van der Waals surface area contributed by atoms with Crippen molar-refractivity contribution in [3.63, 3.8) is 0 Å². The number of imidazole rings is 1. The van der Waals surface area contributed by atoms with Gasteiger partial charge in [-0.05, 0) is 61.6 Å². The number of nitrogens with two attached hydrogens (primary N) is 1. The third-order valence-electron chi connectivity index (χ3n) is 5.17. The van der Waals surface area contributed by atoms with E-state index in [1.807, 2.05) is 12.1 Å². The lowest BCUT2D eigenvalue weighted by Gasteiger charge is -2.20. The molecule has 0 radical (unpaired) electrons. The van der Waals surface area contributed by atoms with E-state index in [9.17, 15) is 0 Å². The second-order valence-electron chi connectivity index (χ2n) is 7.32. The molecule has 0 bridgehead atoms. The molecule has 2 N–H and O–H groups in total. The van der Waals surface area contributed by atoms with Crippen LogP contribution in [0.4, 0.5) is 5.69 Å². The number of nitrogen functional groups attached to an aromatic ring is 1. The summed E-state index contributed by atoms with van der Waals surface area (Å²) in [4.78, 5) is 4.87. The number of nitrogens with zero attached hydrogens (tertiary/aromatic N) is 2. The molecule has 3 nitrogen and oxygen atoms in total. The predicted octanol–water partition coefficient (Wildman–Crippen LogP) is 4.18. The minimum absolute atomic E-state index is 0.456. The number of fused-ring (bicyclic) bond motifs is 1. The van der Waals surface area contributed by atoms with Crippen molar-refractivity contribution in [3.05, 3.63) is 24.0 Å². The standard InChI is InChI=1S/C18H25N3/c1-11(2)18-20-16-9-14(19)7-8-17(16)21(18)10-15(12-3-4-12)13-5-6-13/h7-9,11-13,15H,3-6,10,19H2,1-2H3. The molecule has 3 heteroatoms. The Bertz CT molecular complexity index is 650. The van der Waals surface area contributed by atoms with Crippen molar-refractivity contribution in [1.29, 1.82) is 0 Å². The topological polar surface area (TPSA) is 43.8 Å². The number of benzene rings is 1. The average Bonchev–Trinajstić information content (AvgIpc) is 3.33. The molecule has 112 valence electrons. The fourth-order valence-corrected chi connectivity index (χ4v) is 3.74. The van der Waals surface area contributed by atoms with Gasteiger partial charge in [-0.1, -0.05) is 13.8 Å². The second-order valence-corrected chi connectivity index (χ2v) is 7.32. The van der Waals surface area contributed by atoms with Gasteiger partial charge in [-0.3, -0.25) is 0 Å². The Morgan fingerprint density at radius 1 is 1.19 bits per heavy atom. The summed E-state index contributed by atoms with van der Waals surface area (Å²) < 4.78 is 2.49. The van der Waals surface area contributed by atoms with Crippen LogP contribution in [0.2, 0.25) is 0 Å². The highest BCUT2D eigenvalue weighted by molar-refractivity contribution is 5.79. The van der Waals surface area contributed by atoms with Crippen molar-refractivity contribution in [3.8, 4) is 0 Å². The normalized spacial score (nSPS) is 19.0. The number of hydrogen-bond acceptors (Lipinski definition) is 2. The Morgan fingerprint density at radius 2 is 1.86 bits per heavy atom. The fraction of sp³-hybridized carbons (Fsp3) is 0.611. The van der Waals surface area contributed by atoms with E-state index < -0.39 is 0 Å². The summed E-state index contributed by atoms with van der Waals surface area (Å²) in [5.74, 6) is 4.50. The highest BCUT2D eigenvalue weighted by Gasteiger charge is 2.41. The van der Waals surface area contributed by atoms with Crippen LogP contribution in [0.15, 0.2) is 18.2 Å². The van der Waals surface area contributed by atoms with Crippen LogP contribution in [0.5, 0.6) is 0 Å². The molecule has 0 spiro atoms. The number of aromatic nitrogens is 2. The quantitative estimate of drug-likeness (QED) is 0.837. The zero-order valence-electron chi connectivity index (χ0n) is 13.0. The lowest BCUT2D eigenvalue weighted by Crippen LogP contribution is -2.17. The SMILES string of the molecule is CC(C)c1nc2cc(N)ccc2n1CC(C1CC1)C1CC1. The monoisotopic (exact) mass is 283 g/mol. The summed E-state index contributed by atoms with van der Waals surface area (Å²) in [5.41, 5.74) is 9.06.